The average Bonchev–Trinajstić information content (AvgIpc) is 3.32. The van der Waals surface area contributed by atoms with Crippen LogP contribution in [0.25, 0.3) is 11.1 Å². The molecule has 0 saturated carbocycles. The van der Waals surface area contributed by atoms with Gasteiger partial charge >= 0.3 is 79.8 Å². The van der Waals surface area contributed by atoms with Gasteiger partial charge in [-0.1, -0.05) is 35.4 Å². The molecule has 0 spiro atoms. The predicted octanol–water partition coefficient (Wildman–Crippen LogP) is 7.26. The van der Waals surface area contributed by atoms with Gasteiger partial charge in [0.05, 0.1) is 0 Å². The summed E-state index contributed by atoms with van der Waals surface area (Å²) >= 11 is 1.65. The van der Waals surface area contributed by atoms with Crippen LogP contribution < -0.4 is 0 Å². The van der Waals surface area contributed by atoms with Gasteiger partial charge in [-0.2, -0.15) is 48.0 Å². The van der Waals surface area contributed by atoms with E-state index in [4.69, 9.17) is 0 Å². The fourth-order valence-corrected chi connectivity index (χ4v) is 5.39. The topological polar surface area (TPSA) is 0 Å². The van der Waals surface area contributed by atoms with Gasteiger partial charge in [0.15, 0.2) is 0 Å². The van der Waals surface area contributed by atoms with Gasteiger partial charge in [0.2, 0.25) is 0 Å². The first-order valence-corrected chi connectivity index (χ1v) is 11.5. The molecule has 0 heterocycles. The number of benzene rings is 2. The van der Waals surface area contributed by atoms with Gasteiger partial charge in [-0.05, 0) is 6.42 Å². The molecule has 0 radical (unpaired) electrons. The van der Waals surface area contributed by atoms with Crippen molar-refractivity contribution in [2.24, 2.45) is 11.8 Å². The molecule has 0 atom stereocenters. The van der Waals surface area contributed by atoms with Crippen molar-refractivity contribution in [1.82, 2.24) is 0 Å². The first-order valence-electron chi connectivity index (χ1n) is 10.3. The predicted molar refractivity (Wildman–Crippen MR) is 119 cm³/mol. The molecule has 0 fully saturated rings. The summed E-state index contributed by atoms with van der Waals surface area (Å²) in [6, 6.07) is 28.1. The number of hydrogen-bond acceptors (Lipinski definition) is 0. The second-order valence-electron chi connectivity index (χ2n) is 8.16. The van der Waals surface area contributed by atoms with Crippen molar-refractivity contribution in [3.05, 3.63) is 90.0 Å². The van der Waals surface area contributed by atoms with Crippen LogP contribution in [-0.2, 0) is 30.7 Å². The summed E-state index contributed by atoms with van der Waals surface area (Å²) in [6.07, 6.45) is 3.74. The molecule has 3 aromatic rings. The molecule has 4 rings (SSSR count). The molecule has 0 saturated heterocycles. The first-order chi connectivity index (χ1) is 13.5. The molecule has 0 bridgehead atoms. The number of fused-ring (bicyclic) bond motifs is 3. The fourth-order valence-electron chi connectivity index (χ4n) is 3.39. The molecule has 3 aromatic carbocycles. The van der Waals surface area contributed by atoms with Crippen LogP contribution in [-0.4, -0.2) is 3.21 Å². The molecule has 0 amide bonds. The Bertz CT molecular complexity index is 752. The minimum atomic E-state index is 0.855. The molecule has 0 nitrogen and oxygen atoms in total. The van der Waals surface area contributed by atoms with Crippen LogP contribution in [0.1, 0.15) is 51.7 Å². The van der Waals surface area contributed by atoms with E-state index in [-0.39, 0.29) is 0 Å². The van der Waals surface area contributed by atoms with E-state index in [9.17, 15) is 0 Å². The summed E-state index contributed by atoms with van der Waals surface area (Å²) in [7, 11) is 0. The van der Waals surface area contributed by atoms with E-state index in [2.05, 4.69) is 70.2 Å². The molecule has 144 valence electrons. The van der Waals surface area contributed by atoms with Gasteiger partial charge in [-0.15, -0.1) is 5.56 Å². The maximum absolute atomic E-state index is 3.30. The molecule has 28 heavy (non-hydrogen) atoms. The van der Waals surface area contributed by atoms with Crippen LogP contribution in [0.3, 0.4) is 0 Å². The van der Waals surface area contributed by atoms with E-state index in [1.807, 2.05) is 36.4 Å². The maximum atomic E-state index is 3.30. The van der Waals surface area contributed by atoms with Crippen molar-refractivity contribution in [2.45, 2.75) is 47.0 Å². The Balaban J connectivity index is 0.000000166. The van der Waals surface area contributed by atoms with Crippen LogP contribution in [0.15, 0.2) is 72.8 Å². The molecule has 0 unspecified atom stereocenters. The Kier molecular flexibility index (Phi) is 9.93. The third-order valence-corrected chi connectivity index (χ3v) is 5.48. The zero-order valence-electron chi connectivity index (χ0n) is 17.7. The smallest absolute Gasteiger partial charge is 0.0253 e. The molecular formula is C27H32Zr. The summed E-state index contributed by atoms with van der Waals surface area (Å²) in [5.74, 6) is 1.71. The fraction of sp³-hybridized carbons (Fsp3) is 0.333. The van der Waals surface area contributed by atoms with E-state index in [0.29, 0.717) is 0 Å². The monoisotopic (exact) mass is 446 g/mol. The van der Waals surface area contributed by atoms with Crippen molar-refractivity contribution in [1.29, 1.82) is 0 Å². The zero-order valence-corrected chi connectivity index (χ0v) is 20.2. The van der Waals surface area contributed by atoms with Crippen LogP contribution in [0.4, 0.5) is 0 Å². The third-order valence-electron chi connectivity index (χ3n) is 4.48. The van der Waals surface area contributed by atoms with E-state index >= 15 is 0 Å². The van der Waals surface area contributed by atoms with Crippen molar-refractivity contribution in [3.8, 4) is 11.1 Å². The Morgan fingerprint density at radius 3 is 2.07 bits per heavy atom. The summed E-state index contributed by atoms with van der Waals surface area (Å²) < 4.78 is 1.75. The minimum absolute atomic E-state index is 0.855. The average molecular weight is 448 g/mol. The largest absolute Gasteiger partial charge is 0.214 e. The quantitative estimate of drug-likeness (QED) is 0.289. The van der Waals surface area contributed by atoms with Gasteiger partial charge in [0.1, 0.15) is 0 Å². The normalized spacial score (nSPS) is 11.1. The summed E-state index contributed by atoms with van der Waals surface area (Å²) in [4.78, 5) is 0. The number of hydrogen-bond donors (Lipinski definition) is 0. The van der Waals surface area contributed by atoms with Crippen molar-refractivity contribution in [2.75, 3.05) is 0 Å². The minimum Gasteiger partial charge on any atom is -0.214 e. The van der Waals surface area contributed by atoms with Crippen molar-refractivity contribution in [3.63, 3.8) is 0 Å². The van der Waals surface area contributed by atoms with Crippen molar-refractivity contribution < 1.29 is 24.2 Å². The molecular weight excluding hydrogens is 416 g/mol. The van der Waals surface area contributed by atoms with E-state index in [1.54, 1.807) is 27.4 Å². The molecule has 1 aliphatic rings. The molecule has 0 aliphatic heterocycles. The first kappa shape index (κ1) is 22.8. The standard InChI is InChI=1S/C13H9.C9H18.C5H5.Zr/c1-3-7-12-10(5-1)9-11-6-2-4-8-13(11)12;1-8(2)6-5-7-9(3)4;1-2-4-5-3-1;/h1-5,7-8H,9H2;8-9H,6-7H2,1-4H3;1-5H;/q-1;;-1;+2. The zero-order chi connectivity index (χ0) is 20.4. The molecule has 1 heteroatoms. The Labute approximate surface area is 186 Å². The molecule has 0 aromatic heterocycles. The van der Waals surface area contributed by atoms with Gasteiger partial charge < -0.3 is 0 Å². The van der Waals surface area contributed by atoms with Gasteiger partial charge in [-0.3, -0.25) is 0 Å². The molecule has 0 N–H and O–H groups in total. The van der Waals surface area contributed by atoms with Gasteiger partial charge in [-0.25, -0.2) is 12.1 Å². The van der Waals surface area contributed by atoms with E-state index in [0.717, 1.165) is 18.3 Å². The second kappa shape index (κ2) is 12.2. The number of rotatable bonds is 4. The van der Waals surface area contributed by atoms with Gasteiger partial charge in [0.25, 0.3) is 0 Å². The summed E-state index contributed by atoms with van der Waals surface area (Å²) in [6.45, 7) is 9.18. The van der Waals surface area contributed by atoms with Gasteiger partial charge in [0, 0.05) is 0 Å². The van der Waals surface area contributed by atoms with E-state index < -0.39 is 0 Å². The SMILES string of the molecule is CC(C)C[C](=[Zr+2])CC(C)C.[c-]1cccc2c1Cc1ccccc1-2.c1cc[cH-]c1. The Morgan fingerprint density at radius 2 is 1.50 bits per heavy atom. The summed E-state index contributed by atoms with van der Waals surface area (Å²) in [5, 5.41) is 0. The Hall–Kier alpha value is -1.46. The maximum Gasteiger partial charge on any atom is -0.0253 e. The van der Waals surface area contributed by atoms with Crippen LogP contribution in [0.2, 0.25) is 0 Å². The van der Waals surface area contributed by atoms with Crippen molar-refractivity contribution >= 4 is 3.21 Å². The van der Waals surface area contributed by atoms with Crippen LogP contribution >= 0.6 is 0 Å². The van der Waals surface area contributed by atoms with Crippen LogP contribution in [0, 0.1) is 17.9 Å². The van der Waals surface area contributed by atoms with E-state index in [1.165, 1.54) is 35.1 Å². The van der Waals surface area contributed by atoms with Crippen LogP contribution in [0.5, 0.6) is 0 Å². The second-order valence-corrected chi connectivity index (χ2v) is 9.90. The molecule has 1 aliphatic carbocycles. The third kappa shape index (κ3) is 7.88. The summed E-state index contributed by atoms with van der Waals surface area (Å²) in [5.41, 5.74) is 5.51. The Morgan fingerprint density at radius 1 is 0.893 bits per heavy atom.